The number of carbonyl (C=O) groups excluding carboxylic acids is 1. The first kappa shape index (κ1) is 14.7. The lowest BCUT2D eigenvalue weighted by molar-refractivity contribution is -0.142. The smallest absolute Gasteiger partial charge is 0.328 e. The maximum atomic E-state index is 11.6. The Kier molecular flexibility index (Phi) is 4.53. The van der Waals surface area contributed by atoms with Gasteiger partial charge < -0.3 is 25.2 Å². The molecular weight excluding hydrogens is 240 g/mol. The van der Waals surface area contributed by atoms with Gasteiger partial charge in [0.25, 0.3) is 0 Å². The molecule has 0 spiro atoms. The molecule has 0 saturated carbocycles. The second kappa shape index (κ2) is 5.53. The number of ether oxygens (including phenoxy) is 2. The lowest BCUT2D eigenvalue weighted by atomic mass is 10.0. The van der Waals surface area contributed by atoms with Crippen molar-refractivity contribution in [1.29, 1.82) is 0 Å². The highest BCUT2D eigenvalue weighted by Crippen LogP contribution is 2.21. The van der Waals surface area contributed by atoms with Crippen LogP contribution in [0.4, 0.5) is 4.79 Å². The summed E-state index contributed by atoms with van der Waals surface area (Å²) in [6.07, 6.45) is 0.700. The largest absolute Gasteiger partial charge is 0.480 e. The van der Waals surface area contributed by atoms with Crippen molar-refractivity contribution in [2.24, 2.45) is 0 Å². The quantitative estimate of drug-likeness (QED) is 0.644. The van der Waals surface area contributed by atoms with Gasteiger partial charge in [-0.05, 0) is 13.8 Å². The Labute approximate surface area is 106 Å². The van der Waals surface area contributed by atoms with Gasteiger partial charge in [-0.2, -0.15) is 0 Å². The van der Waals surface area contributed by atoms with Gasteiger partial charge in [0.2, 0.25) is 0 Å². The van der Waals surface area contributed by atoms with Crippen molar-refractivity contribution in [2.75, 3.05) is 26.9 Å². The first-order chi connectivity index (χ1) is 8.31. The molecule has 1 aliphatic rings. The molecule has 7 nitrogen and oxygen atoms in total. The minimum absolute atomic E-state index is 0.283. The SMILES string of the molecule is COC1(CNC(=O)NC(C)(C)C(=O)O)CCOC1. The zero-order valence-electron chi connectivity index (χ0n) is 10.9. The van der Waals surface area contributed by atoms with E-state index < -0.39 is 23.1 Å². The third kappa shape index (κ3) is 3.58. The molecule has 2 amide bonds. The standard InChI is InChI=1S/C11H20N2O5/c1-10(2,8(14)15)13-9(16)12-6-11(17-3)4-5-18-7-11/h4-7H2,1-3H3,(H,14,15)(H2,12,13,16). The zero-order valence-corrected chi connectivity index (χ0v) is 10.9. The lowest BCUT2D eigenvalue weighted by Crippen LogP contribution is -2.55. The van der Waals surface area contributed by atoms with Gasteiger partial charge in [-0.15, -0.1) is 0 Å². The number of urea groups is 1. The second-order valence-corrected chi connectivity index (χ2v) is 4.93. The molecule has 1 rings (SSSR count). The van der Waals surface area contributed by atoms with E-state index in [-0.39, 0.29) is 6.54 Å². The summed E-state index contributed by atoms with van der Waals surface area (Å²) >= 11 is 0. The Morgan fingerprint density at radius 3 is 2.61 bits per heavy atom. The Morgan fingerprint density at radius 1 is 1.50 bits per heavy atom. The van der Waals surface area contributed by atoms with E-state index >= 15 is 0 Å². The fraction of sp³-hybridized carbons (Fsp3) is 0.818. The number of carboxylic acid groups (broad SMARTS) is 1. The van der Waals surface area contributed by atoms with Crippen LogP contribution in [-0.4, -0.2) is 55.1 Å². The van der Waals surface area contributed by atoms with Gasteiger partial charge in [0.15, 0.2) is 0 Å². The Bertz CT molecular complexity index is 323. The molecule has 0 aromatic carbocycles. The minimum Gasteiger partial charge on any atom is -0.480 e. The predicted molar refractivity (Wildman–Crippen MR) is 63.4 cm³/mol. The monoisotopic (exact) mass is 260 g/mol. The van der Waals surface area contributed by atoms with E-state index in [1.807, 2.05) is 0 Å². The number of amides is 2. The molecule has 18 heavy (non-hydrogen) atoms. The van der Waals surface area contributed by atoms with Crippen LogP contribution in [0, 0.1) is 0 Å². The zero-order chi connectivity index (χ0) is 13.8. The van der Waals surface area contributed by atoms with Crippen LogP contribution in [0.15, 0.2) is 0 Å². The summed E-state index contributed by atoms with van der Waals surface area (Å²) in [5.41, 5.74) is -1.82. The third-order valence-electron chi connectivity index (χ3n) is 3.03. The Balaban J connectivity index is 2.44. The van der Waals surface area contributed by atoms with E-state index in [0.29, 0.717) is 19.6 Å². The molecule has 7 heteroatoms. The lowest BCUT2D eigenvalue weighted by Gasteiger charge is -2.27. The number of methoxy groups -OCH3 is 1. The topological polar surface area (TPSA) is 96.9 Å². The number of rotatable bonds is 5. The van der Waals surface area contributed by atoms with Crippen molar-refractivity contribution in [1.82, 2.24) is 10.6 Å². The Hall–Kier alpha value is -1.34. The first-order valence-electron chi connectivity index (χ1n) is 5.74. The average molecular weight is 260 g/mol. The molecule has 1 fully saturated rings. The van der Waals surface area contributed by atoms with Crippen LogP contribution in [0.3, 0.4) is 0 Å². The number of hydrogen-bond acceptors (Lipinski definition) is 4. The van der Waals surface area contributed by atoms with Crippen LogP contribution in [0.25, 0.3) is 0 Å². The van der Waals surface area contributed by atoms with Crippen molar-refractivity contribution in [3.8, 4) is 0 Å². The molecule has 1 unspecified atom stereocenters. The normalized spacial score (nSPS) is 23.7. The van der Waals surface area contributed by atoms with Crippen LogP contribution < -0.4 is 10.6 Å². The summed E-state index contributed by atoms with van der Waals surface area (Å²) in [5, 5.41) is 13.9. The van der Waals surface area contributed by atoms with Gasteiger partial charge in [0.05, 0.1) is 13.2 Å². The average Bonchev–Trinajstić information content (AvgIpc) is 2.75. The van der Waals surface area contributed by atoms with Gasteiger partial charge in [0.1, 0.15) is 11.1 Å². The number of hydrogen-bond donors (Lipinski definition) is 3. The highest BCUT2D eigenvalue weighted by atomic mass is 16.5. The van der Waals surface area contributed by atoms with E-state index in [2.05, 4.69) is 10.6 Å². The van der Waals surface area contributed by atoms with Gasteiger partial charge in [-0.3, -0.25) is 0 Å². The van der Waals surface area contributed by atoms with Crippen LogP contribution >= 0.6 is 0 Å². The minimum atomic E-state index is -1.31. The van der Waals surface area contributed by atoms with Gasteiger partial charge in [-0.25, -0.2) is 9.59 Å². The fourth-order valence-corrected chi connectivity index (χ4v) is 1.58. The van der Waals surface area contributed by atoms with Gasteiger partial charge in [0, 0.05) is 20.1 Å². The van der Waals surface area contributed by atoms with Crippen LogP contribution in [0.2, 0.25) is 0 Å². The van der Waals surface area contributed by atoms with E-state index in [1.165, 1.54) is 13.8 Å². The summed E-state index contributed by atoms with van der Waals surface area (Å²) in [6.45, 7) is 4.13. The van der Waals surface area contributed by atoms with E-state index in [0.717, 1.165) is 0 Å². The molecule has 0 aromatic heterocycles. The van der Waals surface area contributed by atoms with Gasteiger partial charge in [-0.1, -0.05) is 0 Å². The maximum absolute atomic E-state index is 11.6. The highest BCUT2D eigenvalue weighted by Gasteiger charge is 2.36. The van der Waals surface area contributed by atoms with Gasteiger partial charge >= 0.3 is 12.0 Å². The first-order valence-corrected chi connectivity index (χ1v) is 5.74. The molecule has 1 atom stereocenters. The molecule has 1 saturated heterocycles. The number of carbonyl (C=O) groups is 2. The molecule has 1 heterocycles. The summed E-state index contributed by atoms with van der Waals surface area (Å²) < 4.78 is 10.6. The van der Waals surface area contributed by atoms with E-state index in [9.17, 15) is 9.59 Å². The second-order valence-electron chi connectivity index (χ2n) is 4.93. The number of aliphatic carboxylic acids is 1. The number of nitrogens with one attached hydrogen (secondary N) is 2. The van der Waals surface area contributed by atoms with Crippen molar-refractivity contribution in [2.45, 2.75) is 31.4 Å². The van der Waals surface area contributed by atoms with E-state index in [4.69, 9.17) is 14.6 Å². The summed E-state index contributed by atoms with van der Waals surface area (Å²) in [6, 6.07) is -0.536. The van der Waals surface area contributed by atoms with Crippen LogP contribution in [-0.2, 0) is 14.3 Å². The van der Waals surface area contributed by atoms with Crippen molar-refractivity contribution in [3.05, 3.63) is 0 Å². The predicted octanol–water partition coefficient (Wildman–Crippen LogP) is -0.0457. The van der Waals surface area contributed by atoms with Crippen LogP contribution in [0.5, 0.6) is 0 Å². The maximum Gasteiger partial charge on any atom is 0.328 e. The Morgan fingerprint density at radius 2 is 2.17 bits per heavy atom. The molecule has 1 aliphatic heterocycles. The summed E-state index contributed by atoms with van der Waals surface area (Å²) in [7, 11) is 1.56. The summed E-state index contributed by atoms with van der Waals surface area (Å²) in [5.74, 6) is -1.09. The molecule has 0 aromatic rings. The van der Waals surface area contributed by atoms with Crippen molar-refractivity contribution >= 4 is 12.0 Å². The van der Waals surface area contributed by atoms with Crippen molar-refractivity contribution < 1.29 is 24.2 Å². The molecule has 104 valence electrons. The highest BCUT2D eigenvalue weighted by molar-refractivity contribution is 5.85. The molecular formula is C11H20N2O5. The molecule has 3 N–H and O–H groups in total. The molecule has 0 bridgehead atoms. The number of carboxylic acids is 1. The summed E-state index contributed by atoms with van der Waals surface area (Å²) in [4.78, 5) is 22.4. The molecule has 0 radical (unpaired) electrons. The fourth-order valence-electron chi connectivity index (χ4n) is 1.58. The molecule has 0 aliphatic carbocycles. The third-order valence-corrected chi connectivity index (χ3v) is 3.03. The van der Waals surface area contributed by atoms with Crippen LogP contribution in [0.1, 0.15) is 20.3 Å². The van der Waals surface area contributed by atoms with Crippen molar-refractivity contribution in [3.63, 3.8) is 0 Å². The van der Waals surface area contributed by atoms with E-state index in [1.54, 1.807) is 7.11 Å².